The zero-order valence-corrected chi connectivity index (χ0v) is 11.1. The summed E-state index contributed by atoms with van der Waals surface area (Å²) in [6.07, 6.45) is 0.511. The number of aliphatic hydroxyl groups is 1. The summed E-state index contributed by atoms with van der Waals surface area (Å²) in [7, 11) is 0. The van der Waals surface area contributed by atoms with E-state index in [1.807, 2.05) is 6.07 Å². The van der Waals surface area contributed by atoms with E-state index in [-0.39, 0.29) is 18.2 Å². The van der Waals surface area contributed by atoms with Crippen molar-refractivity contribution in [3.63, 3.8) is 0 Å². The fraction of sp³-hybridized carbons (Fsp3) is 0.571. The molecular formula is C14H22FNO2. The molecule has 1 aromatic rings. The van der Waals surface area contributed by atoms with Gasteiger partial charge in [0, 0.05) is 19.6 Å². The largest absolute Gasteiger partial charge is 0.490 e. The Balaban J connectivity index is 2.45. The van der Waals surface area contributed by atoms with Crippen LogP contribution in [0.2, 0.25) is 0 Å². The first kappa shape index (κ1) is 14.9. The van der Waals surface area contributed by atoms with E-state index >= 15 is 0 Å². The maximum atomic E-state index is 13.6. The van der Waals surface area contributed by atoms with Gasteiger partial charge in [0.2, 0.25) is 0 Å². The quantitative estimate of drug-likeness (QED) is 0.701. The van der Waals surface area contributed by atoms with E-state index in [2.05, 4.69) is 19.2 Å². The number of halogens is 1. The minimum absolute atomic E-state index is 0.0544. The normalized spacial score (nSPS) is 10.9. The topological polar surface area (TPSA) is 41.5 Å². The van der Waals surface area contributed by atoms with Gasteiger partial charge in [-0.1, -0.05) is 19.9 Å². The average molecular weight is 255 g/mol. The number of ether oxygens (including phenoxy) is 1. The van der Waals surface area contributed by atoms with Gasteiger partial charge in [-0.25, -0.2) is 4.39 Å². The molecule has 0 fully saturated rings. The van der Waals surface area contributed by atoms with Gasteiger partial charge in [-0.2, -0.15) is 0 Å². The Morgan fingerprint density at radius 1 is 1.39 bits per heavy atom. The Bertz CT molecular complexity index is 356. The number of hydrogen-bond donors (Lipinski definition) is 2. The first-order chi connectivity index (χ1) is 8.63. The van der Waals surface area contributed by atoms with Gasteiger partial charge in [0.15, 0.2) is 11.6 Å². The summed E-state index contributed by atoms with van der Waals surface area (Å²) >= 11 is 0. The molecule has 0 aliphatic carbocycles. The highest BCUT2D eigenvalue weighted by Gasteiger charge is 2.04. The Hall–Kier alpha value is -1.13. The van der Waals surface area contributed by atoms with Crippen LogP contribution in [0.25, 0.3) is 0 Å². The summed E-state index contributed by atoms with van der Waals surface area (Å²) in [5.41, 5.74) is 0.905. The highest BCUT2D eigenvalue weighted by molar-refractivity contribution is 5.29. The maximum absolute atomic E-state index is 13.6. The molecule has 3 nitrogen and oxygen atoms in total. The zero-order chi connectivity index (χ0) is 13.4. The van der Waals surface area contributed by atoms with Gasteiger partial charge >= 0.3 is 0 Å². The summed E-state index contributed by atoms with van der Waals surface area (Å²) < 4.78 is 18.9. The van der Waals surface area contributed by atoms with Crippen molar-refractivity contribution in [2.24, 2.45) is 5.92 Å². The van der Waals surface area contributed by atoms with Crippen LogP contribution in [0.5, 0.6) is 5.75 Å². The number of nitrogens with one attached hydrogen (secondary N) is 1. The first-order valence-electron chi connectivity index (χ1n) is 6.36. The summed E-state index contributed by atoms with van der Waals surface area (Å²) in [5.74, 6) is 0.476. The van der Waals surface area contributed by atoms with Crippen LogP contribution >= 0.6 is 0 Å². The van der Waals surface area contributed by atoms with Crippen molar-refractivity contribution in [2.45, 2.75) is 26.8 Å². The highest BCUT2D eigenvalue weighted by atomic mass is 19.1. The zero-order valence-electron chi connectivity index (χ0n) is 11.1. The molecule has 0 atom stereocenters. The molecule has 0 unspecified atom stereocenters. The van der Waals surface area contributed by atoms with Crippen molar-refractivity contribution in [2.75, 3.05) is 19.8 Å². The third-order valence-electron chi connectivity index (χ3n) is 2.44. The highest BCUT2D eigenvalue weighted by Crippen LogP contribution is 2.18. The van der Waals surface area contributed by atoms with E-state index in [1.54, 1.807) is 6.07 Å². The van der Waals surface area contributed by atoms with Gasteiger partial charge in [0.25, 0.3) is 0 Å². The van der Waals surface area contributed by atoms with E-state index in [0.29, 0.717) is 25.5 Å². The maximum Gasteiger partial charge on any atom is 0.165 e. The Kier molecular flexibility index (Phi) is 6.68. The Morgan fingerprint density at radius 3 is 2.78 bits per heavy atom. The summed E-state index contributed by atoms with van der Waals surface area (Å²) in [6.45, 7) is 6.22. The predicted octanol–water partition coefficient (Wildman–Crippen LogP) is 2.33. The molecule has 0 radical (unpaired) electrons. The number of benzene rings is 1. The second-order valence-electron chi connectivity index (χ2n) is 4.72. The molecule has 0 bridgehead atoms. The van der Waals surface area contributed by atoms with Gasteiger partial charge in [-0.05, 0) is 30.2 Å². The van der Waals surface area contributed by atoms with Gasteiger partial charge in [0.1, 0.15) is 0 Å². The fourth-order valence-electron chi connectivity index (χ4n) is 1.52. The van der Waals surface area contributed by atoms with E-state index in [0.717, 1.165) is 12.1 Å². The number of hydrogen-bond acceptors (Lipinski definition) is 3. The van der Waals surface area contributed by atoms with E-state index in [4.69, 9.17) is 9.84 Å². The molecular weight excluding hydrogens is 233 g/mol. The van der Waals surface area contributed by atoms with Gasteiger partial charge in [0.05, 0.1) is 6.61 Å². The number of aliphatic hydroxyl groups excluding tert-OH is 1. The summed E-state index contributed by atoms with van der Waals surface area (Å²) in [5, 5.41) is 11.9. The third kappa shape index (κ3) is 5.47. The summed E-state index contributed by atoms with van der Waals surface area (Å²) in [4.78, 5) is 0. The van der Waals surface area contributed by atoms with Crippen LogP contribution < -0.4 is 10.1 Å². The van der Waals surface area contributed by atoms with Crippen LogP contribution in [0, 0.1) is 11.7 Å². The van der Waals surface area contributed by atoms with Crippen LogP contribution in [0.1, 0.15) is 25.8 Å². The Labute approximate surface area is 108 Å². The van der Waals surface area contributed by atoms with E-state index < -0.39 is 0 Å². The number of rotatable bonds is 8. The second-order valence-corrected chi connectivity index (χ2v) is 4.72. The lowest BCUT2D eigenvalue weighted by molar-refractivity contribution is 0.228. The summed E-state index contributed by atoms with van der Waals surface area (Å²) in [6, 6.07) is 4.98. The molecule has 18 heavy (non-hydrogen) atoms. The molecule has 0 aliphatic heterocycles. The van der Waals surface area contributed by atoms with Crippen molar-refractivity contribution >= 4 is 0 Å². The van der Waals surface area contributed by atoms with Gasteiger partial charge in [-0.3, -0.25) is 0 Å². The molecule has 2 N–H and O–H groups in total. The second kappa shape index (κ2) is 8.06. The monoisotopic (exact) mass is 255 g/mol. The van der Waals surface area contributed by atoms with Crippen molar-refractivity contribution in [3.8, 4) is 5.75 Å². The SMILES string of the molecule is CC(C)CNCc1ccc(OCCCO)c(F)c1. The van der Waals surface area contributed by atoms with E-state index in [9.17, 15) is 4.39 Å². The van der Waals surface area contributed by atoms with Crippen molar-refractivity contribution in [1.82, 2.24) is 5.32 Å². The van der Waals surface area contributed by atoms with Crippen LogP contribution in [0.3, 0.4) is 0 Å². The lowest BCUT2D eigenvalue weighted by atomic mass is 10.2. The molecule has 0 aliphatic rings. The molecule has 0 saturated heterocycles. The Morgan fingerprint density at radius 2 is 2.17 bits per heavy atom. The molecule has 1 aromatic carbocycles. The van der Waals surface area contributed by atoms with Crippen LogP contribution in [-0.2, 0) is 6.54 Å². The predicted molar refractivity (Wildman–Crippen MR) is 70.1 cm³/mol. The molecule has 0 amide bonds. The molecule has 0 aromatic heterocycles. The van der Waals surface area contributed by atoms with Crippen LogP contribution in [0.4, 0.5) is 4.39 Å². The average Bonchev–Trinajstić information content (AvgIpc) is 2.31. The standard InChI is InChI=1S/C14H22FNO2/c1-11(2)9-16-10-12-4-5-14(13(15)8-12)18-7-3-6-17/h4-5,8,11,16-17H,3,6-7,9-10H2,1-2H3. The third-order valence-corrected chi connectivity index (χ3v) is 2.44. The lowest BCUT2D eigenvalue weighted by Gasteiger charge is -2.10. The van der Waals surface area contributed by atoms with Crippen molar-refractivity contribution in [3.05, 3.63) is 29.6 Å². The van der Waals surface area contributed by atoms with Gasteiger partial charge < -0.3 is 15.2 Å². The van der Waals surface area contributed by atoms with Crippen LogP contribution in [-0.4, -0.2) is 24.9 Å². The minimum Gasteiger partial charge on any atom is -0.490 e. The molecule has 102 valence electrons. The van der Waals surface area contributed by atoms with Crippen molar-refractivity contribution < 1.29 is 14.2 Å². The first-order valence-corrected chi connectivity index (χ1v) is 6.36. The molecule has 0 saturated carbocycles. The lowest BCUT2D eigenvalue weighted by Crippen LogP contribution is -2.19. The molecule has 4 heteroatoms. The van der Waals surface area contributed by atoms with Gasteiger partial charge in [-0.15, -0.1) is 0 Å². The van der Waals surface area contributed by atoms with Crippen molar-refractivity contribution in [1.29, 1.82) is 0 Å². The van der Waals surface area contributed by atoms with Crippen LogP contribution in [0.15, 0.2) is 18.2 Å². The molecule has 1 rings (SSSR count). The fourth-order valence-corrected chi connectivity index (χ4v) is 1.52. The smallest absolute Gasteiger partial charge is 0.165 e. The minimum atomic E-state index is -0.350. The molecule has 0 spiro atoms. The molecule has 0 heterocycles. The van der Waals surface area contributed by atoms with E-state index in [1.165, 1.54) is 6.07 Å².